The molecule has 1 aromatic rings. The van der Waals surface area contributed by atoms with Gasteiger partial charge in [0.25, 0.3) is 5.91 Å². The molecule has 0 saturated carbocycles. The third kappa shape index (κ3) is 4.23. The summed E-state index contributed by atoms with van der Waals surface area (Å²) in [6.45, 7) is 6.48. The van der Waals surface area contributed by atoms with Crippen LogP contribution < -0.4 is 5.32 Å². The highest BCUT2D eigenvalue weighted by molar-refractivity contribution is 5.96. The number of carbonyl (C=O) groups is 1. The Balaban J connectivity index is 2.89. The second-order valence-corrected chi connectivity index (χ2v) is 4.59. The monoisotopic (exact) mass is 245 g/mol. The van der Waals surface area contributed by atoms with Gasteiger partial charge in [0.2, 0.25) is 0 Å². The Hall–Kier alpha value is -1.79. The number of amides is 1. The number of hydrogen-bond donors (Lipinski definition) is 2. The molecule has 0 atom stereocenters. The molecule has 1 aromatic carbocycles. The van der Waals surface area contributed by atoms with E-state index >= 15 is 0 Å². The predicted molar refractivity (Wildman–Crippen MR) is 72.3 cm³/mol. The third-order valence-electron chi connectivity index (χ3n) is 2.46. The van der Waals surface area contributed by atoms with Crippen LogP contribution in [0.4, 0.5) is 0 Å². The van der Waals surface area contributed by atoms with Gasteiger partial charge in [-0.1, -0.05) is 31.8 Å². The lowest BCUT2D eigenvalue weighted by atomic mass is 10.0. The predicted octanol–water partition coefficient (Wildman–Crippen LogP) is 1.72. The lowest BCUT2D eigenvalue weighted by molar-refractivity contribution is 0.0948. The highest BCUT2D eigenvalue weighted by Crippen LogP contribution is 2.10. The standard InChI is InChI=1S/C15H19NO2/c1-11(2)10-16-15(18)14-9-13(5-4-8-17)7-6-12(14)3/h6-7,9,11,17H,8,10H2,1-3H3,(H,16,18). The first-order chi connectivity index (χ1) is 8.54. The Morgan fingerprint density at radius 2 is 2.17 bits per heavy atom. The van der Waals surface area contributed by atoms with Gasteiger partial charge in [-0.2, -0.15) is 0 Å². The van der Waals surface area contributed by atoms with Crippen LogP contribution in [0.3, 0.4) is 0 Å². The van der Waals surface area contributed by atoms with Gasteiger partial charge in [0, 0.05) is 17.7 Å². The number of carbonyl (C=O) groups excluding carboxylic acids is 1. The average molecular weight is 245 g/mol. The number of nitrogens with one attached hydrogen (secondary N) is 1. The van der Waals surface area contributed by atoms with E-state index in [1.54, 1.807) is 6.07 Å². The highest BCUT2D eigenvalue weighted by Gasteiger charge is 2.09. The van der Waals surface area contributed by atoms with Crippen LogP contribution in [0.25, 0.3) is 0 Å². The second-order valence-electron chi connectivity index (χ2n) is 4.59. The highest BCUT2D eigenvalue weighted by atomic mass is 16.2. The number of aliphatic hydroxyl groups is 1. The summed E-state index contributed by atoms with van der Waals surface area (Å²) < 4.78 is 0. The van der Waals surface area contributed by atoms with Crippen LogP contribution in [0.1, 0.15) is 35.3 Å². The molecule has 1 rings (SSSR count). The Bertz CT molecular complexity index is 481. The largest absolute Gasteiger partial charge is 0.384 e. The van der Waals surface area contributed by atoms with Gasteiger partial charge in [-0.05, 0) is 30.5 Å². The molecule has 3 heteroatoms. The summed E-state index contributed by atoms with van der Waals surface area (Å²) in [5.74, 6) is 5.72. The number of aryl methyl sites for hydroxylation is 1. The maximum atomic E-state index is 12.0. The average Bonchev–Trinajstić information content (AvgIpc) is 2.35. The van der Waals surface area contributed by atoms with E-state index < -0.39 is 0 Å². The molecule has 3 nitrogen and oxygen atoms in total. The van der Waals surface area contributed by atoms with Gasteiger partial charge in [-0.3, -0.25) is 4.79 Å². The molecule has 0 aromatic heterocycles. The van der Waals surface area contributed by atoms with E-state index in [2.05, 4.69) is 31.0 Å². The van der Waals surface area contributed by atoms with Crippen LogP contribution in [0.15, 0.2) is 18.2 Å². The van der Waals surface area contributed by atoms with Gasteiger partial charge >= 0.3 is 0 Å². The Labute approximate surface area is 108 Å². The van der Waals surface area contributed by atoms with E-state index in [1.807, 2.05) is 19.1 Å². The van der Waals surface area contributed by atoms with Crippen molar-refractivity contribution in [1.82, 2.24) is 5.32 Å². The van der Waals surface area contributed by atoms with Crippen molar-refractivity contribution < 1.29 is 9.90 Å². The van der Waals surface area contributed by atoms with E-state index in [-0.39, 0.29) is 12.5 Å². The van der Waals surface area contributed by atoms with Crippen LogP contribution >= 0.6 is 0 Å². The van der Waals surface area contributed by atoms with Gasteiger partial charge in [-0.15, -0.1) is 0 Å². The Morgan fingerprint density at radius 3 is 2.78 bits per heavy atom. The molecule has 0 aliphatic heterocycles. The minimum Gasteiger partial charge on any atom is -0.384 e. The molecular weight excluding hydrogens is 226 g/mol. The smallest absolute Gasteiger partial charge is 0.251 e. The molecule has 0 radical (unpaired) electrons. The summed E-state index contributed by atoms with van der Waals surface area (Å²) in [4.78, 5) is 12.0. The van der Waals surface area contributed by atoms with Gasteiger partial charge in [-0.25, -0.2) is 0 Å². The first-order valence-corrected chi connectivity index (χ1v) is 6.03. The van der Waals surface area contributed by atoms with Crippen molar-refractivity contribution in [3.8, 4) is 11.8 Å². The summed E-state index contributed by atoms with van der Waals surface area (Å²) in [6, 6.07) is 5.47. The van der Waals surface area contributed by atoms with Crippen molar-refractivity contribution in [2.45, 2.75) is 20.8 Å². The molecule has 0 spiro atoms. The van der Waals surface area contributed by atoms with E-state index in [1.165, 1.54) is 0 Å². The maximum absolute atomic E-state index is 12.0. The Kier molecular flexibility index (Phi) is 5.41. The fourth-order valence-corrected chi connectivity index (χ4v) is 1.48. The molecule has 0 heterocycles. The minimum absolute atomic E-state index is 0.0751. The zero-order valence-electron chi connectivity index (χ0n) is 11.1. The van der Waals surface area contributed by atoms with Crippen LogP contribution in [0.5, 0.6) is 0 Å². The molecule has 18 heavy (non-hydrogen) atoms. The first-order valence-electron chi connectivity index (χ1n) is 6.03. The zero-order valence-corrected chi connectivity index (χ0v) is 11.1. The fourth-order valence-electron chi connectivity index (χ4n) is 1.48. The molecule has 0 saturated heterocycles. The quantitative estimate of drug-likeness (QED) is 0.797. The summed E-state index contributed by atoms with van der Waals surface area (Å²) in [7, 11) is 0. The molecule has 0 aliphatic rings. The number of aliphatic hydroxyl groups excluding tert-OH is 1. The normalized spacial score (nSPS) is 9.83. The van der Waals surface area contributed by atoms with E-state index in [4.69, 9.17) is 5.11 Å². The van der Waals surface area contributed by atoms with Gasteiger partial charge in [0.05, 0.1) is 0 Å². The minimum atomic E-state index is -0.178. The number of hydrogen-bond acceptors (Lipinski definition) is 2. The SMILES string of the molecule is Cc1ccc(C#CCO)cc1C(=O)NCC(C)C. The molecule has 1 amide bonds. The molecule has 0 aliphatic carbocycles. The lowest BCUT2D eigenvalue weighted by Gasteiger charge is -2.09. The maximum Gasteiger partial charge on any atom is 0.251 e. The van der Waals surface area contributed by atoms with Crippen LogP contribution in [-0.2, 0) is 0 Å². The van der Waals surface area contributed by atoms with Gasteiger partial charge in [0.15, 0.2) is 0 Å². The second kappa shape index (κ2) is 6.83. The van der Waals surface area contributed by atoms with Crippen molar-refractivity contribution in [1.29, 1.82) is 0 Å². The van der Waals surface area contributed by atoms with Crippen molar-refractivity contribution in [2.24, 2.45) is 5.92 Å². The third-order valence-corrected chi connectivity index (χ3v) is 2.46. The van der Waals surface area contributed by atoms with Crippen molar-refractivity contribution in [3.05, 3.63) is 34.9 Å². The lowest BCUT2D eigenvalue weighted by Crippen LogP contribution is -2.27. The molecule has 96 valence electrons. The molecule has 0 bridgehead atoms. The summed E-state index contributed by atoms with van der Waals surface area (Å²) >= 11 is 0. The zero-order chi connectivity index (χ0) is 13.5. The topological polar surface area (TPSA) is 49.3 Å². The van der Waals surface area contributed by atoms with Crippen molar-refractivity contribution in [2.75, 3.05) is 13.2 Å². The van der Waals surface area contributed by atoms with E-state index in [0.29, 0.717) is 18.0 Å². The van der Waals surface area contributed by atoms with Crippen LogP contribution in [0, 0.1) is 24.7 Å². The van der Waals surface area contributed by atoms with Gasteiger partial charge in [0.1, 0.15) is 6.61 Å². The van der Waals surface area contributed by atoms with Crippen LogP contribution in [-0.4, -0.2) is 24.2 Å². The summed E-state index contributed by atoms with van der Waals surface area (Å²) in [5, 5.41) is 11.5. The first kappa shape index (κ1) is 14.3. The van der Waals surface area contributed by atoms with E-state index in [9.17, 15) is 4.79 Å². The number of benzene rings is 1. The van der Waals surface area contributed by atoms with Crippen molar-refractivity contribution in [3.63, 3.8) is 0 Å². The van der Waals surface area contributed by atoms with Gasteiger partial charge < -0.3 is 10.4 Å². The summed E-state index contributed by atoms with van der Waals surface area (Å²) in [6.07, 6.45) is 0. The Morgan fingerprint density at radius 1 is 1.44 bits per heavy atom. The van der Waals surface area contributed by atoms with Crippen molar-refractivity contribution >= 4 is 5.91 Å². The molecule has 2 N–H and O–H groups in total. The van der Waals surface area contributed by atoms with E-state index in [0.717, 1.165) is 11.1 Å². The number of rotatable bonds is 3. The van der Waals surface area contributed by atoms with Crippen LogP contribution in [0.2, 0.25) is 0 Å². The fraction of sp³-hybridized carbons (Fsp3) is 0.400. The molecular formula is C15H19NO2. The molecule has 0 fully saturated rings. The molecule has 0 unspecified atom stereocenters. The summed E-state index contributed by atoms with van der Waals surface area (Å²) in [5.41, 5.74) is 2.30.